The Hall–Kier alpha value is -0.290. The number of halogens is 1. The van der Waals surface area contributed by atoms with E-state index in [2.05, 4.69) is 14.0 Å². The molecule has 1 heterocycles. The fourth-order valence-electron chi connectivity index (χ4n) is 3.73. The van der Waals surface area contributed by atoms with Gasteiger partial charge in [-0.1, -0.05) is 64.7 Å². The Morgan fingerprint density at radius 2 is 1.31 bits per heavy atom. The third-order valence-corrected chi connectivity index (χ3v) is 5.65. The van der Waals surface area contributed by atoms with Crippen molar-refractivity contribution in [3.8, 4) is 0 Å². The number of quaternary nitrogens is 1. The number of carbonyl (C=O) groups excluding carboxylic acids is 1. The maximum Gasteiger partial charge on any atom is 0.410 e. The predicted molar refractivity (Wildman–Crippen MR) is 106 cm³/mol. The van der Waals surface area contributed by atoms with E-state index in [1.54, 1.807) is 0 Å². The van der Waals surface area contributed by atoms with Crippen molar-refractivity contribution in [2.45, 2.75) is 84.5 Å². The van der Waals surface area contributed by atoms with Gasteiger partial charge in [-0.2, -0.15) is 0 Å². The molecule has 0 aliphatic carbocycles. The zero-order valence-electron chi connectivity index (χ0n) is 17.6. The van der Waals surface area contributed by atoms with Crippen LogP contribution in [-0.2, 0) is 4.74 Å². The van der Waals surface area contributed by atoms with Gasteiger partial charge in [0.05, 0.1) is 46.4 Å². The third-order valence-electron chi connectivity index (χ3n) is 5.65. The van der Waals surface area contributed by atoms with Crippen molar-refractivity contribution in [1.29, 1.82) is 0 Å². The molecule has 0 aromatic heterocycles. The predicted octanol–water partition coefficient (Wildman–Crippen LogP) is 2.22. The lowest BCUT2D eigenvalue weighted by molar-refractivity contribution is -0.913. The molecule has 1 fully saturated rings. The van der Waals surface area contributed by atoms with E-state index >= 15 is 0 Å². The molecule has 1 rings (SSSR count). The van der Waals surface area contributed by atoms with E-state index < -0.39 is 0 Å². The molecule has 4 nitrogen and oxygen atoms in total. The molecule has 0 saturated carbocycles. The van der Waals surface area contributed by atoms with Gasteiger partial charge in [-0.3, -0.25) is 4.90 Å². The summed E-state index contributed by atoms with van der Waals surface area (Å²) in [5, 5.41) is 0. The minimum atomic E-state index is -0.136. The first kappa shape index (κ1) is 25.7. The molecule has 0 spiro atoms. The third kappa shape index (κ3) is 11.4. The number of ether oxygens (including phenoxy) is 1. The Balaban J connectivity index is 0.00000625. The van der Waals surface area contributed by atoms with Gasteiger partial charge in [0.2, 0.25) is 0 Å². The second-order valence-corrected chi connectivity index (χ2v) is 8.01. The number of amides is 1. The topological polar surface area (TPSA) is 29.5 Å². The summed E-state index contributed by atoms with van der Waals surface area (Å²) in [7, 11) is 2.35. The van der Waals surface area contributed by atoms with Crippen molar-refractivity contribution >= 4 is 6.09 Å². The van der Waals surface area contributed by atoms with Crippen molar-refractivity contribution in [2.75, 3.05) is 46.4 Å². The van der Waals surface area contributed by atoms with Gasteiger partial charge >= 0.3 is 6.09 Å². The largest absolute Gasteiger partial charge is 1.00 e. The highest BCUT2D eigenvalue weighted by Crippen LogP contribution is 2.15. The number of likely N-dealkylation sites (N-methyl/N-ethyl adjacent to an activating group) is 1. The van der Waals surface area contributed by atoms with E-state index in [0.717, 1.165) is 30.7 Å². The normalized spacial score (nSPS) is 16.2. The van der Waals surface area contributed by atoms with E-state index in [1.165, 1.54) is 77.2 Å². The van der Waals surface area contributed by atoms with Crippen LogP contribution in [0.2, 0.25) is 0 Å². The average Bonchev–Trinajstić information content (AvgIpc) is 2.60. The van der Waals surface area contributed by atoms with Crippen LogP contribution in [-0.4, -0.2) is 61.9 Å². The van der Waals surface area contributed by atoms with Gasteiger partial charge in [0.25, 0.3) is 0 Å². The van der Waals surface area contributed by atoms with E-state index in [4.69, 9.17) is 4.74 Å². The van der Waals surface area contributed by atoms with Crippen molar-refractivity contribution in [3.63, 3.8) is 0 Å². The first-order chi connectivity index (χ1) is 12.1. The summed E-state index contributed by atoms with van der Waals surface area (Å²) >= 11 is 0. The molecule has 1 saturated heterocycles. The van der Waals surface area contributed by atoms with E-state index in [1.807, 2.05) is 11.8 Å². The summed E-state index contributed by atoms with van der Waals surface area (Å²) in [5.41, 5.74) is 0. The van der Waals surface area contributed by atoms with Crippen LogP contribution < -0.4 is 17.0 Å². The van der Waals surface area contributed by atoms with Gasteiger partial charge in [0.15, 0.2) is 0 Å². The minimum absolute atomic E-state index is 0. The second kappa shape index (κ2) is 15.7. The number of hydrogen-bond acceptors (Lipinski definition) is 2. The lowest BCUT2D eigenvalue weighted by Gasteiger charge is -2.41. The van der Waals surface area contributed by atoms with Gasteiger partial charge in [-0.15, -0.1) is 0 Å². The van der Waals surface area contributed by atoms with Crippen LogP contribution >= 0.6 is 0 Å². The molecule has 0 bridgehead atoms. The fraction of sp³-hybridized carbons (Fsp3) is 0.952. The van der Waals surface area contributed by atoms with Crippen molar-refractivity contribution in [2.24, 2.45) is 0 Å². The van der Waals surface area contributed by atoms with E-state index in [0.29, 0.717) is 6.61 Å². The number of carbonyl (C=O) groups is 1. The van der Waals surface area contributed by atoms with Gasteiger partial charge in [0.1, 0.15) is 0 Å². The van der Waals surface area contributed by atoms with Crippen LogP contribution in [0.5, 0.6) is 0 Å². The number of unbranched alkanes of at least 4 members (excludes halogenated alkanes) is 10. The lowest BCUT2D eigenvalue weighted by atomic mass is 10.1. The monoisotopic (exact) mass is 434 g/mol. The highest BCUT2D eigenvalue weighted by Gasteiger charge is 2.30. The summed E-state index contributed by atoms with van der Waals surface area (Å²) in [5.74, 6) is 0. The zero-order chi connectivity index (χ0) is 18.4. The Morgan fingerprint density at radius 1 is 0.846 bits per heavy atom. The van der Waals surface area contributed by atoms with Gasteiger partial charge in [-0.25, -0.2) is 4.79 Å². The molecule has 0 aromatic rings. The van der Waals surface area contributed by atoms with Crippen LogP contribution in [0.3, 0.4) is 0 Å². The quantitative estimate of drug-likeness (QED) is 0.328. The average molecular weight is 435 g/mol. The SMILES string of the molecule is CCCCCCCCCCCCC[N+]1(C)CCN(C(=O)OCC)CC1.[Br-]. The lowest BCUT2D eigenvalue weighted by Crippen LogP contribution is -3.00. The Bertz CT molecular complexity index is 345. The van der Waals surface area contributed by atoms with Crippen LogP contribution in [0.4, 0.5) is 4.79 Å². The molecule has 0 atom stereocenters. The highest BCUT2D eigenvalue weighted by molar-refractivity contribution is 5.67. The summed E-state index contributed by atoms with van der Waals surface area (Å²) in [4.78, 5) is 13.6. The number of piperazine rings is 1. The molecular formula is C21H43BrN2O2. The first-order valence-electron chi connectivity index (χ1n) is 10.9. The molecule has 1 aliphatic heterocycles. The Morgan fingerprint density at radius 3 is 1.77 bits per heavy atom. The molecule has 5 heteroatoms. The second-order valence-electron chi connectivity index (χ2n) is 8.01. The molecule has 0 aromatic carbocycles. The molecule has 1 aliphatic rings. The standard InChI is InChI=1S/C21H43N2O2.BrH/c1-4-6-7-8-9-10-11-12-13-14-15-18-23(3)19-16-22(17-20-23)21(24)25-5-2;/h4-20H2,1-3H3;1H/q+1;/p-1. The summed E-state index contributed by atoms with van der Waals surface area (Å²) in [6.45, 7) is 9.69. The van der Waals surface area contributed by atoms with Crippen LogP contribution in [0.15, 0.2) is 0 Å². The summed E-state index contributed by atoms with van der Waals surface area (Å²) in [6, 6.07) is 0. The van der Waals surface area contributed by atoms with Gasteiger partial charge in [-0.05, 0) is 19.8 Å². The molecule has 0 N–H and O–H groups in total. The van der Waals surface area contributed by atoms with E-state index in [-0.39, 0.29) is 23.1 Å². The molecule has 156 valence electrons. The molecule has 0 radical (unpaired) electrons. The molecule has 26 heavy (non-hydrogen) atoms. The maximum absolute atomic E-state index is 11.8. The molecule has 1 amide bonds. The van der Waals surface area contributed by atoms with Gasteiger partial charge < -0.3 is 26.2 Å². The number of nitrogens with zero attached hydrogens (tertiary/aromatic N) is 2. The molecule has 0 unspecified atom stereocenters. The van der Waals surface area contributed by atoms with Crippen molar-refractivity contribution in [3.05, 3.63) is 0 Å². The Labute approximate surface area is 173 Å². The smallest absolute Gasteiger partial charge is 0.410 e. The minimum Gasteiger partial charge on any atom is -1.00 e. The number of rotatable bonds is 13. The van der Waals surface area contributed by atoms with Crippen molar-refractivity contribution in [1.82, 2.24) is 4.90 Å². The maximum atomic E-state index is 11.8. The first-order valence-corrected chi connectivity index (χ1v) is 10.9. The molecular weight excluding hydrogens is 392 g/mol. The number of hydrogen-bond donors (Lipinski definition) is 0. The van der Waals surface area contributed by atoms with Crippen LogP contribution in [0, 0.1) is 0 Å². The van der Waals surface area contributed by atoms with Crippen LogP contribution in [0.1, 0.15) is 84.5 Å². The summed E-state index contributed by atoms with van der Waals surface area (Å²) in [6.07, 6.45) is 15.3. The summed E-state index contributed by atoms with van der Waals surface area (Å²) < 4.78 is 6.22. The fourth-order valence-corrected chi connectivity index (χ4v) is 3.73. The zero-order valence-corrected chi connectivity index (χ0v) is 19.2. The Kier molecular flexibility index (Phi) is 15.6. The van der Waals surface area contributed by atoms with Crippen LogP contribution in [0.25, 0.3) is 0 Å². The van der Waals surface area contributed by atoms with Gasteiger partial charge in [0, 0.05) is 0 Å². The van der Waals surface area contributed by atoms with E-state index in [9.17, 15) is 4.79 Å². The van der Waals surface area contributed by atoms with Crippen molar-refractivity contribution < 1.29 is 31.0 Å². The highest BCUT2D eigenvalue weighted by atomic mass is 79.9.